The van der Waals surface area contributed by atoms with Crippen molar-refractivity contribution in [3.05, 3.63) is 77.0 Å². The first-order valence-electron chi connectivity index (χ1n) is 8.63. The van der Waals surface area contributed by atoms with E-state index < -0.39 is 0 Å². The average Bonchev–Trinajstić information content (AvgIpc) is 2.62. The number of aryl methyl sites for hydroxylation is 1. The minimum Gasteiger partial charge on any atom is -0.463 e. The summed E-state index contributed by atoms with van der Waals surface area (Å²) in [7, 11) is 0. The predicted octanol–water partition coefficient (Wildman–Crippen LogP) is 4.27. The van der Waals surface area contributed by atoms with Crippen LogP contribution in [0, 0.1) is 6.92 Å². The Balaban J connectivity index is 2.13. The molecule has 5 heteroatoms. The highest BCUT2D eigenvalue weighted by molar-refractivity contribution is 7.80. The van der Waals surface area contributed by atoms with Crippen LogP contribution < -0.4 is 10.2 Å². The summed E-state index contributed by atoms with van der Waals surface area (Å²) in [4.78, 5) is 14.6. The third kappa shape index (κ3) is 3.48. The van der Waals surface area contributed by atoms with Crippen molar-refractivity contribution in [1.29, 1.82) is 0 Å². The number of anilines is 1. The first-order chi connectivity index (χ1) is 12.5. The van der Waals surface area contributed by atoms with Gasteiger partial charge in [0, 0.05) is 11.4 Å². The fourth-order valence-corrected chi connectivity index (χ4v) is 3.55. The van der Waals surface area contributed by atoms with Crippen molar-refractivity contribution in [2.45, 2.75) is 26.8 Å². The monoisotopic (exact) mass is 366 g/mol. The molecular weight excluding hydrogens is 344 g/mol. The van der Waals surface area contributed by atoms with Crippen molar-refractivity contribution < 1.29 is 9.53 Å². The normalized spacial score (nSPS) is 17.1. The third-order valence-electron chi connectivity index (χ3n) is 4.37. The van der Waals surface area contributed by atoms with E-state index in [-0.39, 0.29) is 12.0 Å². The molecule has 4 nitrogen and oxygen atoms in total. The lowest BCUT2D eigenvalue weighted by molar-refractivity contribution is -0.139. The molecule has 0 unspecified atom stereocenters. The van der Waals surface area contributed by atoms with E-state index >= 15 is 0 Å². The largest absolute Gasteiger partial charge is 0.463 e. The van der Waals surface area contributed by atoms with Crippen molar-refractivity contribution in [2.24, 2.45) is 0 Å². The molecule has 0 amide bonds. The summed E-state index contributed by atoms with van der Waals surface area (Å²) in [5.41, 5.74) is 4.38. The van der Waals surface area contributed by atoms with Gasteiger partial charge >= 0.3 is 5.97 Å². The molecule has 2 aromatic carbocycles. The molecular formula is C21H22N2O2S. The second-order valence-electron chi connectivity index (χ2n) is 6.19. The topological polar surface area (TPSA) is 41.6 Å². The van der Waals surface area contributed by atoms with Gasteiger partial charge in [0.25, 0.3) is 0 Å². The van der Waals surface area contributed by atoms with E-state index in [2.05, 4.69) is 5.32 Å². The van der Waals surface area contributed by atoms with Crippen molar-refractivity contribution in [3.8, 4) is 0 Å². The lowest BCUT2D eigenvalue weighted by atomic mass is 9.95. The van der Waals surface area contributed by atoms with Gasteiger partial charge in [0.05, 0.1) is 18.2 Å². The number of ether oxygens (including phenoxy) is 1. The van der Waals surface area contributed by atoms with Crippen molar-refractivity contribution >= 4 is 29.0 Å². The summed E-state index contributed by atoms with van der Waals surface area (Å²) in [5, 5.41) is 3.88. The molecule has 3 rings (SSSR count). The Morgan fingerprint density at radius 3 is 2.54 bits per heavy atom. The Bertz CT molecular complexity index is 861. The fourth-order valence-electron chi connectivity index (χ4n) is 3.19. The third-order valence-corrected chi connectivity index (χ3v) is 4.67. The van der Waals surface area contributed by atoms with Crippen LogP contribution in [0.4, 0.5) is 5.69 Å². The van der Waals surface area contributed by atoms with Gasteiger partial charge in [-0.05, 0) is 56.2 Å². The molecule has 0 spiro atoms. The number of carbonyl (C=O) groups is 1. The van der Waals surface area contributed by atoms with Gasteiger partial charge in [0.15, 0.2) is 5.11 Å². The molecule has 26 heavy (non-hydrogen) atoms. The summed E-state index contributed by atoms with van der Waals surface area (Å²) in [6.45, 7) is 6.08. The lowest BCUT2D eigenvalue weighted by Crippen LogP contribution is -2.48. The predicted molar refractivity (Wildman–Crippen MR) is 108 cm³/mol. The van der Waals surface area contributed by atoms with Crippen LogP contribution in [0.1, 0.15) is 31.0 Å². The molecule has 134 valence electrons. The van der Waals surface area contributed by atoms with Gasteiger partial charge in [-0.3, -0.25) is 4.90 Å². The molecule has 0 saturated heterocycles. The summed E-state index contributed by atoms with van der Waals surface area (Å²) in [6, 6.07) is 17.5. The van der Waals surface area contributed by atoms with Crippen LogP contribution in [-0.2, 0) is 9.53 Å². The molecule has 0 radical (unpaired) electrons. The summed E-state index contributed by atoms with van der Waals surface area (Å²) >= 11 is 5.64. The smallest absolute Gasteiger partial charge is 0.338 e. The molecule has 1 atom stereocenters. The number of rotatable bonds is 4. The molecule has 1 heterocycles. The van der Waals surface area contributed by atoms with Gasteiger partial charge in [-0.25, -0.2) is 4.79 Å². The van der Waals surface area contributed by atoms with Crippen molar-refractivity contribution in [3.63, 3.8) is 0 Å². The first kappa shape index (κ1) is 18.1. The van der Waals surface area contributed by atoms with Crippen LogP contribution in [-0.4, -0.2) is 17.7 Å². The molecule has 0 saturated carbocycles. The number of thiocarbonyl (C=S) groups is 1. The Hall–Kier alpha value is -2.66. The van der Waals surface area contributed by atoms with Crippen molar-refractivity contribution in [2.75, 3.05) is 11.5 Å². The zero-order chi connectivity index (χ0) is 18.7. The zero-order valence-corrected chi connectivity index (χ0v) is 16.0. The first-order valence-corrected chi connectivity index (χ1v) is 9.04. The Morgan fingerprint density at radius 1 is 1.15 bits per heavy atom. The van der Waals surface area contributed by atoms with E-state index in [0.29, 0.717) is 17.3 Å². The van der Waals surface area contributed by atoms with Crippen molar-refractivity contribution in [1.82, 2.24) is 5.32 Å². The minimum absolute atomic E-state index is 0.325. The number of nitrogens with one attached hydrogen (secondary N) is 1. The number of allylic oxidation sites excluding steroid dienone is 1. The van der Waals surface area contributed by atoms with Gasteiger partial charge in [0.2, 0.25) is 0 Å². The van der Waals surface area contributed by atoms with Gasteiger partial charge in [-0.1, -0.05) is 42.5 Å². The fraction of sp³-hybridized carbons (Fsp3) is 0.238. The molecule has 1 N–H and O–H groups in total. The Morgan fingerprint density at radius 2 is 1.88 bits per heavy atom. The van der Waals surface area contributed by atoms with Crippen LogP contribution in [0.3, 0.4) is 0 Å². The van der Waals surface area contributed by atoms with Crippen LogP contribution in [0.15, 0.2) is 65.9 Å². The molecule has 1 aliphatic heterocycles. The maximum Gasteiger partial charge on any atom is 0.338 e. The van der Waals surface area contributed by atoms with E-state index in [1.54, 1.807) is 0 Å². The number of esters is 1. The lowest BCUT2D eigenvalue weighted by Gasteiger charge is -2.37. The highest BCUT2D eigenvalue weighted by Crippen LogP contribution is 2.34. The van der Waals surface area contributed by atoms with Crippen LogP contribution in [0.25, 0.3) is 0 Å². The molecule has 0 bridgehead atoms. The number of hydrogen-bond donors (Lipinski definition) is 1. The van der Waals surface area contributed by atoms with E-state index in [4.69, 9.17) is 17.0 Å². The number of carbonyl (C=O) groups excluding carboxylic acids is 1. The molecule has 0 aromatic heterocycles. The number of nitrogens with zero attached hydrogens (tertiary/aromatic N) is 1. The average molecular weight is 366 g/mol. The van der Waals surface area contributed by atoms with Crippen LogP contribution in [0.2, 0.25) is 0 Å². The standard InChI is InChI=1S/C21H22N2O2S/c1-4-25-20(24)18-15(3)23(17-12-8-9-14(2)13-17)21(26)22-19(18)16-10-6-5-7-11-16/h5-13,19H,4H2,1-3H3,(H,22,26)/t19-/m1/s1. The quantitative estimate of drug-likeness (QED) is 0.647. The van der Waals surface area contributed by atoms with Gasteiger partial charge in [-0.15, -0.1) is 0 Å². The summed E-state index contributed by atoms with van der Waals surface area (Å²) < 4.78 is 5.34. The number of benzene rings is 2. The van der Waals surface area contributed by atoms with Crippen LogP contribution >= 0.6 is 12.2 Å². The molecule has 2 aromatic rings. The van der Waals surface area contributed by atoms with Crippen LogP contribution in [0.5, 0.6) is 0 Å². The van der Waals surface area contributed by atoms with E-state index in [0.717, 1.165) is 22.5 Å². The highest BCUT2D eigenvalue weighted by atomic mass is 32.1. The maximum absolute atomic E-state index is 12.8. The van der Waals surface area contributed by atoms with E-state index in [1.807, 2.05) is 80.3 Å². The van der Waals surface area contributed by atoms with E-state index in [9.17, 15) is 4.79 Å². The molecule has 0 aliphatic carbocycles. The molecule has 1 aliphatic rings. The summed E-state index contributed by atoms with van der Waals surface area (Å²) in [5.74, 6) is -0.327. The Labute approximate surface area is 159 Å². The summed E-state index contributed by atoms with van der Waals surface area (Å²) in [6.07, 6.45) is 0. The van der Waals surface area contributed by atoms with Gasteiger partial charge in [0.1, 0.15) is 0 Å². The zero-order valence-electron chi connectivity index (χ0n) is 15.2. The second kappa shape index (κ2) is 7.70. The second-order valence-corrected chi connectivity index (χ2v) is 6.57. The highest BCUT2D eigenvalue weighted by Gasteiger charge is 2.35. The minimum atomic E-state index is -0.330. The molecule has 0 fully saturated rings. The van der Waals surface area contributed by atoms with E-state index in [1.165, 1.54) is 0 Å². The Kier molecular flexibility index (Phi) is 5.38. The number of hydrogen-bond acceptors (Lipinski definition) is 3. The SMILES string of the molecule is CCOC(=O)C1=C(C)N(c2cccc(C)c2)C(=S)N[C@@H]1c1ccccc1. The van der Waals surface area contributed by atoms with Gasteiger partial charge in [-0.2, -0.15) is 0 Å². The maximum atomic E-state index is 12.8. The van der Waals surface area contributed by atoms with Gasteiger partial charge < -0.3 is 10.1 Å².